The summed E-state index contributed by atoms with van der Waals surface area (Å²) < 4.78 is 26.6. The largest absolute Gasteiger partial charge is 0.328 e. The van der Waals surface area contributed by atoms with Crippen molar-refractivity contribution in [1.82, 2.24) is 0 Å². The highest BCUT2D eigenvalue weighted by Gasteiger charge is 2.06. The molecule has 0 saturated heterocycles. The number of rotatable bonds is 4. The quantitative estimate of drug-likeness (QED) is 0.915. The lowest BCUT2D eigenvalue weighted by Gasteiger charge is -2.07. The molecule has 0 spiro atoms. The minimum Gasteiger partial charge on any atom is -0.328 e. The predicted octanol–water partition coefficient (Wildman–Crippen LogP) is 4.01. The number of hydrogen-bond donors (Lipinski definition) is 1. The van der Waals surface area contributed by atoms with E-state index in [0.29, 0.717) is 4.90 Å². The molecule has 0 bridgehead atoms. The Morgan fingerprint density at radius 2 is 1.79 bits per heavy atom. The van der Waals surface area contributed by atoms with E-state index < -0.39 is 11.6 Å². The maximum Gasteiger partial charge on any atom is 0.137 e. The Bertz CT molecular complexity index is 553. The molecule has 1 atom stereocenters. The third-order valence-electron chi connectivity index (χ3n) is 2.60. The van der Waals surface area contributed by atoms with Gasteiger partial charge in [-0.05, 0) is 49.2 Å². The van der Waals surface area contributed by atoms with Crippen LogP contribution in [-0.2, 0) is 6.42 Å². The monoisotopic (exact) mass is 279 g/mol. The molecule has 2 aromatic rings. The fourth-order valence-corrected chi connectivity index (χ4v) is 2.61. The van der Waals surface area contributed by atoms with Gasteiger partial charge in [-0.3, -0.25) is 0 Å². The maximum atomic E-state index is 13.5. The van der Waals surface area contributed by atoms with E-state index in [1.54, 1.807) is 0 Å². The first kappa shape index (κ1) is 14.0. The van der Waals surface area contributed by atoms with Crippen molar-refractivity contribution in [2.75, 3.05) is 0 Å². The van der Waals surface area contributed by atoms with Crippen molar-refractivity contribution in [3.63, 3.8) is 0 Å². The normalized spacial score (nSPS) is 12.4. The van der Waals surface area contributed by atoms with Crippen molar-refractivity contribution in [2.24, 2.45) is 5.73 Å². The first-order chi connectivity index (χ1) is 9.04. The molecule has 2 aromatic carbocycles. The molecule has 0 saturated carbocycles. The highest BCUT2D eigenvalue weighted by atomic mass is 32.2. The molecule has 0 fully saturated rings. The Hall–Kier alpha value is -1.39. The van der Waals surface area contributed by atoms with E-state index in [4.69, 9.17) is 5.73 Å². The molecular formula is C15H15F2NS. The summed E-state index contributed by atoms with van der Waals surface area (Å²) in [5.74, 6) is -0.844. The van der Waals surface area contributed by atoms with E-state index in [0.717, 1.165) is 29.0 Å². The third kappa shape index (κ3) is 4.04. The summed E-state index contributed by atoms with van der Waals surface area (Å²) >= 11 is 1.21. The zero-order valence-electron chi connectivity index (χ0n) is 10.6. The average molecular weight is 279 g/mol. The second-order valence-corrected chi connectivity index (χ2v) is 5.62. The van der Waals surface area contributed by atoms with E-state index in [2.05, 4.69) is 0 Å². The van der Waals surface area contributed by atoms with Gasteiger partial charge in [0.2, 0.25) is 0 Å². The van der Waals surface area contributed by atoms with E-state index in [1.807, 2.05) is 31.2 Å². The van der Waals surface area contributed by atoms with Crippen LogP contribution in [-0.4, -0.2) is 6.04 Å². The summed E-state index contributed by atoms with van der Waals surface area (Å²) in [6.07, 6.45) is 0.805. The summed E-state index contributed by atoms with van der Waals surface area (Å²) in [5.41, 5.74) is 6.86. The van der Waals surface area contributed by atoms with Crippen LogP contribution in [0.15, 0.2) is 52.3 Å². The average Bonchev–Trinajstić information content (AvgIpc) is 2.35. The molecule has 1 unspecified atom stereocenters. The Morgan fingerprint density at radius 1 is 1.11 bits per heavy atom. The van der Waals surface area contributed by atoms with E-state index in [9.17, 15) is 8.78 Å². The van der Waals surface area contributed by atoms with Crippen molar-refractivity contribution < 1.29 is 8.78 Å². The van der Waals surface area contributed by atoms with E-state index >= 15 is 0 Å². The summed E-state index contributed by atoms with van der Waals surface area (Å²) in [6, 6.07) is 11.3. The van der Waals surface area contributed by atoms with Crippen LogP contribution in [0.3, 0.4) is 0 Å². The number of nitrogens with two attached hydrogens (primary N) is 1. The molecule has 0 aliphatic carbocycles. The standard InChI is InChI=1S/C15H15F2NS/c1-10(18)8-11-2-5-13(6-3-11)19-15-9-12(16)4-7-14(15)17/h2-7,9-10H,8,18H2,1H3. The van der Waals surface area contributed by atoms with E-state index in [1.165, 1.54) is 17.8 Å². The van der Waals surface area contributed by atoms with Gasteiger partial charge in [0.15, 0.2) is 0 Å². The zero-order chi connectivity index (χ0) is 13.8. The van der Waals surface area contributed by atoms with Gasteiger partial charge in [-0.1, -0.05) is 23.9 Å². The molecule has 2 rings (SSSR count). The summed E-state index contributed by atoms with van der Waals surface area (Å²) in [5, 5.41) is 0. The van der Waals surface area contributed by atoms with Crippen molar-refractivity contribution in [3.05, 3.63) is 59.7 Å². The Labute approximate surface area is 115 Å². The summed E-state index contributed by atoms with van der Waals surface area (Å²) in [7, 11) is 0. The van der Waals surface area contributed by atoms with Crippen LogP contribution in [0.4, 0.5) is 8.78 Å². The molecule has 0 heterocycles. The van der Waals surface area contributed by atoms with Crippen LogP contribution in [0.25, 0.3) is 0 Å². The lowest BCUT2D eigenvalue weighted by atomic mass is 10.1. The fourth-order valence-electron chi connectivity index (χ4n) is 1.75. The van der Waals surface area contributed by atoms with Gasteiger partial charge in [-0.15, -0.1) is 0 Å². The molecule has 100 valence electrons. The Balaban J connectivity index is 2.13. The third-order valence-corrected chi connectivity index (χ3v) is 3.64. The number of hydrogen-bond acceptors (Lipinski definition) is 2. The molecule has 1 nitrogen and oxygen atoms in total. The Morgan fingerprint density at radius 3 is 2.42 bits per heavy atom. The molecule has 0 aliphatic rings. The second-order valence-electron chi connectivity index (χ2n) is 4.50. The van der Waals surface area contributed by atoms with Crippen LogP contribution in [0.5, 0.6) is 0 Å². The second kappa shape index (κ2) is 6.17. The van der Waals surface area contributed by atoms with Gasteiger partial charge in [0.25, 0.3) is 0 Å². The topological polar surface area (TPSA) is 26.0 Å². The van der Waals surface area contributed by atoms with Crippen molar-refractivity contribution in [2.45, 2.75) is 29.2 Å². The first-order valence-electron chi connectivity index (χ1n) is 6.02. The maximum absolute atomic E-state index is 13.5. The molecular weight excluding hydrogens is 264 g/mol. The number of benzene rings is 2. The minimum atomic E-state index is -0.433. The van der Waals surface area contributed by atoms with E-state index in [-0.39, 0.29) is 6.04 Å². The van der Waals surface area contributed by atoms with Gasteiger partial charge in [0.1, 0.15) is 11.6 Å². The fraction of sp³-hybridized carbons (Fsp3) is 0.200. The number of halogens is 2. The van der Waals surface area contributed by atoms with Crippen LogP contribution in [0.1, 0.15) is 12.5 Å². The smallest absolute Gasteiger partial charge is 0.137 e. The molecule has 4 heteroatoms. The molecule has 19 heavy (non-hydrogen) atoms. The SMILES string of the molecule is CC(N)Cc1ccc(Sc2cc(F)ccc2F)cc1. The summed E-state index contributed by atoms with van der Waals surface area (Å²) in [6.45, 7) is 1.95. The van der Waals surface area contributed by atoms with Crippen LogP contribution in [0.2, 0.25) is 0 Å². The van der Waals surface area contributed by atoms with Crippen LogP contribution in [0, 0.1) is 11.6 Å². The molecule has 0 aliphatic heterocycles. The van der Waals surface area contributed by atoms with Crippen LogP contribution >= 0.6 is 11.8 Å². The summed E-state index contributed by atoms with van der Waals surface area (Å²) in [4.78, 5) is 1.16. The lowest BCUT2D eigenvalue weighted by Crippen LogP contribution is -2.17. The molecule has 0 radical (unpaired) electrons. The van der Waals surface area contributed by atoms with Gasteiger partial charge in [-0.25, -0.2) is 8.78 Å². The van der Waals surface area contributed by atoms with Gasteiger partial charge in [-0.2, -0.15) is 0 Å². The zero-order valence-corrected chi connectivity index (χ0v) is 11.4. The predicted molar refractivity (Wildman–Crippen MR) is 74.3 cm³/mol. The minimum absolute atomic E-state index is 0.110. The van der Waals surface area contributed by atoms with Crippen molar-refractivity contribution in [3.8, 4) is 0 Å². The highest BCUT2D eigenvalue weighted by Crippen LogP contribution is 2.30. The van der Waals surface area contributed by atoms with Gasteiger partial charge in [0, 0.05) is 10.9 Å². The molecule has 0 amide bonds. The molecule has 0 aromatic heterocycles. The van der Waals surface area contributed by atoms with Crippen molar-refractivity contribution >= 4 is 11.8 Å². The van der Waals surface area contributed by atoms with Crippen molar-refractivity contribution in [1.29, 1.82) is 0 Å². The van der Waals surface area contributed by atoms with Gasteiger partial charge >= 0.3 is 0 Å². The van der Waals surface area contributed by atoms with Crippen LogP contribution < -0.4 is 5.73 Å². The van der Waals surface area contributed by atoms with Gasteiger partial charge < -0.3 is 5.73 Å². The first-order valence-corrected chi connectivity index (χ1v) is 6.83. The lowest BCUT2D eigenvalue weighted by molar-refractivity contribution is 0.577. The molecule has 2 N–H and O–H groups in total. The van der Waals surface area contributed by atoms with Gasteiger partial charge in [0.05, 0.1) is 4.90 Å². The Kier molecular flexibility index (Phi) is 4.56. The highest BCUT2D eigenvalue weighted by molar-refractivity contribution is 7.99.